The molecule has 1 aliphatic heterocycles. The van der Waals surface area contributed by atoms with Crippen molar-refractivity contribution in [2.24, 2.45) is 0 Å². The Hall–Kier alpha value is -2.06. The van der Waals surface area contributed by atoms with Gasteiger partial charge >= 0.3 is 0 Å². The lowest BCUT2D eigenvalue weighted by molar-refractivity contribution is -0.121. The number of carbonyl (C=O) groups is 1. The highest BCUT2D eigenvalue weighted by Gasteiger charge is 2.25. The second kappa shape index (κ2) is 7.05. The van der Waals surface area contributed by atoms with E-state index in [4.69, 9.17) is 9.15 Å². The maximum Gasteiger partial charge on any atom is 0.224 e. The van der Waals surface area contributed by atoms with Crippen molar-refractivity contribution in [2.75, 3.05) is 26.5 Å². The van der Waals surface area contributed by atoms with Crippen LogP contribution in [0.1, 0.15) is 18.4 Å². The van der Waals surface area contributed by atoms with Gasteiger partial charge in [0.1, 0.15) is 11.3 Å². The number of nitrogens with zero attached hydrogens (tertiary/aromatic N) is 1. The lowest BCUT2D eigenvalue weighted by Crippen LogP contribution is -2.46. The molecule has 0 spiro atoms. The lowest BCUT2D eigenvalue weighted by atomic mass is 10.1. The minimum Gasteiger partial charge on any atom is -0.497 e. The smallest absolute Gasteiger partial charge is 0.224 e. The van der Waals surface area contributed by atoms with Crippen LogP contribution in [0.5, 0.6) is 5.75 Å². The SMILES string of the molecule is COc1ccc2c(CC(=O)NC3CCN(S(C)(=O)=O)CC3)coc2c1. The molecule has 1 N–H and O–H groups in total. The largest absolute Gasteiger partial charge is 0.497 e. The Morgan fingerprint density at radius 1 is 1.36 bits per heavy atom. The Bertz CT molecular complexity index is 866. The molecule has 1 aromatic carbocycles. The second-order valence-corrected chi connectivity index (χ2v) is 8.29. The molecule has 136 valence electrons. The summed E-state index contributed by atoms with van der Waals surface area (Å²) in [6.07, 6.45) is 4.29. The van der Waals surface area contributed by atoms with E-state index in [9.17, 15) is 13.2 Å². The van der Waals surface area contributed by atoms with Gasteiger partial charge in [0.05, 0.1) is 26.0 Å². The van der Waals surface area contributed by atoms with Crippen LogP contribution in [0.25, 0.3) is 11.0 Å². The fourth-order valence-corrected chi connectivity index (χ4v) is 3.98. The average Bonchev–Trinajstić information content (AvgIpc) is 2.96. The first-order valence-electron chi connectivity index (χ1n) is 8.15. The molecule has 0 bridgehead atoms. The first-order valence-corrected chi connectivity index (χ1v) is 10.0. The van der Waals surface area contributed by atoms with Crippen LogP contribution in [0, 0.1) is 0 Å². The molecule has 25 heavy (non-hydrogen) atoms. The van der Waals surface area contributed by atoms with E-state index in [1.54, 1.807) is 19.4 Å². The van der Waals surface area contributed by atoms with Crippen LogP contribution >= 0.6 is 0 Å². The molecule has 3 rings (SSSR count). The van der Waals surface area contributed by atoms with Gasteiger partial charge in [-0.3, -0.25) is 4.79 Å². The Morgan fingerprint density at radius 2 is 2.08 bits per heavy atom. The molecule has 1 saturated heterocycles. The van der Waals surface area contributed by atoms with E-state index in [0.29, 0.717) is 37.3 Å². The van der Waals surface area contributed by atoms with Crippen molar-refractivity contribution in [1.29, 1.82) is 0 Å². The van der Waals surface area contributed by atoms with E-state index >= 15 is 0 Å². The van der Waals surface area contributed by atoms with Crippen LogP contribution in [0.3, 0.4) is 0 Å². The van der Waals surface area contributed by atoms with Crippen LogP contribution in [0.2, 0.25) is 0 Å². The van der Waals surface area contributed by atoms with Gasteiger partial charge in [-0.2, -0.15) is 0 Å². The molecule has 1 fully saturated rings. The number of furan rings is 1. The van der Waals surface area contributed by atoms with E-state index in [1.807, 2.05) is 12.1 Å². The molecule has 2 aromatic rings. The molecule has 0 radical (unpaired) electrons. The summed E-state index contributed by atoms with van der Waals surface area (Å²) < 4.78 is 35.1. The van der Waals surface area contributed by atoms with Crippen molar-refractivity contribution in [1.82, 2.24) is 9.62 Å². The highest BCUT2D eigenvalue weighted by molar-refractivity contribution is 7.88. The van der Waals surface area contributed by atoms with Crippen LogP contribution in [-0.4, -0.2) is 51.1 Å². The van der Waals surface area contributed by atoms with Crippen LogP contribution < -0.4 is 10.1 Å². The normalized spacial score (nSPS) is 16.9. The van der Waals surface area contributed by atoms with Crippen molar-refractivity contribution in [3.63, 3.8) is 0 Å². The molecule has 0 unspecified atom stereocenters. The molecule has 1 aromatic heterocycles. The summed E-state index contributed by atoms with van der Waals surface area (Å²) in [7, 11) is -1.56. The maximum atomic E-state index is 12.3. The van der Waals surface area contributed by atoms with Crippen LogP contribution in [0.15, 0.2) is 28.9 Å². The van der Waals surface area contributed by atoms with Gasteiger partial charge in [-0.15, -0.1) is 0 Å². The Balaban J connectivity index is 1.58. The highest BCUT2D eigenvalue weighted by atomic mass is 32.2. The van der Waals surface area contributed by atoms with Gasteiger partial charge in [-0.1, -0.05) is 0 Å². The third-order valence-electron chi connectivity index (χ3n) is 4.50. The highest BCUT2D eigenvalue weighted by Crippen LogP contribution is 2.26. The van der Waals surface area contributed by atoms with Crippen molar-refractivity contribution in [3.05, 3.63) is 30.0 Å². The number of fused-ring (bicyclic) bond motifs is 1. The minimum atomic E-state index is -3.15. The molecule has 0 aliphatic carbocycles. The first-order chi connectivity index (χ1) is 11.9. The predicted octanol–water partition coefficient (Wildman–Crippen LogP) is 1.52. The predicted molar refractivity (Wildman–Crippen MR) is 94.1 cm³/mol. The zero-order chi connectivity index (χ0) is 18.0. The van der Waals surface area contributed by atoms with Crippen LogP contribution in [-0.2, 0) is 21.2 Å². The van der Waals surface area contributed by atoms with Gasteiger partial charge in [0.2, 0.25) is 15.9 Å². The van der Waals surface area contributed by atoms with E-state index < -0.39 is 10.0 Å². The average molecular weight is 366 g/mol. The number of hydrogen-bond acceptors (Lipinski definition) is 5. The van der Waals surface area contributed by atoms with Gasteiger partial charge in [-0.25, -0.2) is 12.7 Å². The Labute approximate surface area is 147 Å². The zero-order valence-electron chi connectivity index (χ0n) is 14.3. The van der Waals surface area contributed by atoms with Crippen molar-refractivity contribution in [2.45, 2.75) is 25.3 Å². The summed E-state index contributed by atoms with van der Waals surface area (Å²) >= 11 is 0. The molecule has 8 heteroatoms. The molecular weight excluding hydrogens is 344 g/mol. The van der Waals surface area contributed by atoms with Gasteiger partial charge in [0, 0.05) is 36.1 Å². The molecule has 0 saturated carbocycles. The first kappa shape index (κ1) is 17.8. The van der Waals surface area contributed by atoms with E-state index in [0.717, 1.165) is 10.9 Å². The van der Waals surface area contributed by atoms with Crippen LogP contribution in [0.4, 0.5) is 0 Å². The number of ether oxygens (including phenoxy) is 1. The quantitative estimate of drug-likeness (QED) is 0.867. The van der Waals surface area contributed by atoms with Gasteiger partial charge in [0.15, 0.2) is 0 Å². The third kappa shape index (κ3) is 4.13. The molecule has 0 atom stereocenters. The summed E-state index contributed by atoms with van der Waals surface area (Å²) in [5, 5.41) is 3.88. The fourth-order valence-electron chi connectivity index (χ4n) is 3.11. The van der Waals surface area contributed by atoms with Crippen molar-refractivity contribution >= 4 is 26.9 Å². The third-order valence-corrected chi connectivity index (χ3v) is 5.81. The molecule has 1 aliphatic rings. The number of rotatable bonds is 5. The second-order valence-electron chi connectivity index (χ2n) is 6.30. The fraction of sp³-hybridized carbons (Fsp3) is 0.471. The summed E-state index contributed by atoms with van der Waals surface area (Å²) in [5.74, 6) is 0.617. The van der Waals surface area contributed by atoms with E-state index in [-0.39, 0.29) is 18.4 Å². The molecular formula is C17H22N2O5S. The van der Waals surface area contributed by atoms with Crippen molar-refractivity contribution in [3.8, 4) is 5.75 Å². The summed E-state index contributed by atoms with van der Waals surface area (Å²) in [6, 6.07) is 5.51. The standard InChI is InChI=1S/C17H22N2O5S/c1-23-14-3-4-15-12(11-24-16(15)10-14)9-17(20)18-13-5-7-19(8-6-13)25(2,21)22/h3-4,10-11,13H,5-9H2,1-2H3,(H,18,20). The minimum absolute atomic E-state index is 0.00348. The van der Waals surface area contributed by atoms with E-state index in [2.05, 4.69) is 5.32 Å². The number of benzene rings is 1. The maximum absolute atomic E-state index is 12.3. The van der Waals surface area contributed by atoms with E-state index in [1.165, 1.54) is 10.6 Å². The number of nitrogens with one attached hydrogen (secondary N) is 1. The van der Waals surface area contributed by atoms with Gasteiger partial charge in [0.25, 0.3) is 0 Å². The number of amides is 1. The van der Waals surface area contributed by atoms with Gasteiger partial charge < -0.3 is 14.5 Å². The Morgan fingerprint density at radius 3 is 2.72 bits per heavy atom. The topological polar surface area (TPSA) is 88.9 Å². The molecule has 2 heterocycles. The number of piperidine rings is 1. The number of sulfonamides is 1. The lowest BCUT2D eigenvalue weighted by Gasteiger charge is -2.30. The Kier molecular flexibility index (Phi) is 5.01. The monoisotopic (exact) mass is 366 g/mol. The summed E-state index contributed by atoms with van der Waals surface area (Å²) in [4.78, 5) is 12.3. The number of methoxy groups -OCH3 is 1. The van der Waals surface area contributed by atoms with Gasteiger partial charge in [-0.05, 0) is 25.0 Å². The summed E-state index contributed by atoms with van der Waals surface area (Å²) in [5.41, 5.74) is 1.51. The molecule has 1 amide bonds. The van der Waals surface area contributed by atoms with Crippen molar-refractivity contribution < 1.29 is 22.4 Å². The summed E-state index contributed by atoms with van der Waals surface area (Å²) in [6.45, 7) is 0.885. The molecule has 7 nitrogen and oxygen atoms in total. The number of hydrogen-bond donors (Lipinski definition) is 1. The zero-order valence-corrected chi connectivity index (χ0v) is 15.1. The number of carbonyl (C=O) groups excluding carboxylic acids is 1.